The van der Waals surface area contributed by atoms with Gasteiger partial charge in [-0.05, 0) is 46.6 Å². The molecule has 0 radical (unpaired) electrons. The Labute approximate surface area is 137 Å². The van der Waals surface area contributed by atoms with E-state index in [0.29, 0.717) is 5.02 Å². The third kappa shape index (κ3) is 4.56. The molecule has 1 unspecified atom stereocenters. The Kier molecular flexibility index (Phi) is 5.79. The molecule has 0 aliphatic carbocycles. The zero-order chi connectivity index (χ0) is 15.2. The van der Waals surface area contributed by atoms with Gasteiger partial charge in [-0.25, -0.2) is 0 Å². The van der Waals surface area contributed by atoms with Crippen LogP contribution in [0.3, 0.4) is 0 Å². The smallest absolute Gasteiger partial charge is 0.238 e. The van der Waals surface area contributed by atoms with Crippen LogP contribution >= 0.6 is 27.5 Å². The fourth-order valence-corrected chi connectivity index (χ4v) is 2.62. The number of benzene rings is 2. The van der Waals surface area contributed by atoms with Crippen molar-refractivity contribution in [2.24, 2.45) is 0 Å². The number of para-hydroxylation sites is 1. The first-order valence-corrected chi connectivity index (χ1v) is 7.77. The average Bonchev–Trinajstić information content (AvgIpc) is 2.48. The predicted molar refractivity (Wildman–Crippen MR) is 90.6 cm³/mol. The van der Waals surface area contributed by atoms with Gasteiger partial charge < -0.3 is 10.6 Å². The standard InChI is InChI=1S/C16H16BrClN2O/c1-11(12-6-2-4-8-14(12)18)19-10-16(21)20-15-9-5-3-7-13(15)17/h2-9,11,19H,10H2,1H3,(H,20,21). The molecular weight excluding hydrogens is 352 g/mol. The van der Waals surface area contributed by atoms with Crippen LogP contribution in [0.4, 0.5) is 5.69 Å². The molecule has 0 aliphatic heterocycles. The molecule has 0 saturated carbocycles. The summed E-state index contributed by atoms with van der Waals surface area (Å²) in [4.78, 5) is 12.0. The first-order valence-electron chi connectivity index (χ1n) is 6.60. The van der Waals surface area contributed by atoms with Crippen molar-refractivity contribution in [3.05, 3.63) is 63.6 Å². The Morgan fingerprint density at radius 3 is 2.57 bits per heavy atom. The molecule has 0 aromatic heterocycles. The third-order valence-corrected chi connectivity index (χ3v) is 4.12. The van der Waals surface area contributed by atoms with Crippen molar-refractivity contribution in [3.8, 4) is 0 Å². The summed E-state index contributed by atoms with van der Waals surface area (Å²) in [5.74, 6) is -0.0965. The molecule has 3 nitrogen and oxygen atoms in total. The van der Waals surface area contributed by atoms with Crippen molar-refractivity contribution < 1.29 is 4.79 Å². The molecule has 0 aliphatic rings. The van der Waals surface area contributed by atoms with Gasteiger partial charge in [0, 0.05) is 15.5 Å². The highest BCUT2D eigenvalue weighted by Gasteiger charge is 2.11. The van der Waals surface area contributed by atoms with Crippen molar-refractivity contribution in [2.75, 3.05) is 11.9 Å². The maximum Gasteiger partial charge on any atom is 0.238 e. The summed E-state index contributed by atoms with van der Waals surface area (Å²) in [5.41, 5.74) is 1.74. The third-order valence-electron chi connectivity index (χ3n) is 3.09. The van der Waals surface area contributed by atoms with Crippen molar-refractivity contribution in [3.63, 3.8) is 0 Å². The van der Waals surface area contributed by atoms with E-state index in [1.807, 2.05) is 55.5 Å². The lowest BCUT2D eigenvalue weighted by molar-refractivity contribution is -0.115. The number of halogens is 2. The number of hydrogen-bond donors (Lipinski definition) is 2. The Morgan fingerprint density at radius 1 is 1.19 bits per heavy atom. The van der Waals surface area contributed by atoms with Crippen LogP contribution in [0.15, 0.2) is 53.0 Å². The molecule has 0 saturated heterocycles. The van der Waals surface area contributed by atoms with Crippen LogP contribution in [0.25, 0.3) is 0 Å². The van der Waals surface area contributed by atoms with Crippen LogP contribution in [0.5, 0.6) is 0 Å². The first kappa shape index (κ1) is 16.0. The Hall–Kier alpha value is -1.36. The van der Waals surface area contributed by atoms with Crippen molar-refractivity contribution >= 4 is 39.1 Å². The van der Waals surface area contributed by atoms with Gasteiger partial charge >= 0.3 is 0 Å². The summed E-state index contributed by atoms with van der Waals surface area (Å²) >= 11 is 9.54. The molecular formula is C16H16BrClN2O. The minimum absolute atomic E-state index is 0.00339. The van der Waals surface area contributed by atoms with Crippen LogP contribution < -0.4 is 10.6 Å². The summed E-state index contributed by atoms with van der Waals surface area (Å²) in [5, 5.41) is 6.72. The molecule has 2 rings (SSSR count). The maximum absolute atomic E-state index is 12.0. The Balaban J connectivity index is 1.90. The topological polar surface area (TPSA) is 41.1 Å². The molecule has 1 atom stereocenters. The maximum atomic E-state index is 12.0. The minimum atomic E-state index is -0.0965. The van der Waals surface area contributed by atoms with E-state index in [0.717, 1.165) is 15.7 Å². The van der Waals surface area contributed by atoms with E-state index < -0.39 is 0 Å². The van der Waals surface area contributed by atoms with E-state index in [9.17, 15) is 4.79 Å². The second-order valence-corrected chi connectivity index (χ2v) is 5.91. The molecule has 0 heterocycles. The molecule has 0 bridgehead atoms. The lowest BCUT2D eigenvalue weighted by atomic mass is 10.1. The van der Waals surface area contributed by atoms with Gasteiger partial charge in [-0.15, -0.1) is 0 Å². The van der Waals surface area contributed by atoms with Gasteiger partial charge in [-0.1, -0.05) is 41.9 Å². The highest BCUT2D eigenvalue weighted by molar-refractivity contribution is 9.10. The lowest BCUT2D eigenvalue weighted by Gasteiger charge is -2.15. The van der Waals surface area contributed by atoms with Crippen LogP contribution in [-0.4, -0.2) is 12.5 Å². The highest BCUT2D eigenvalue weighted by atomic mass is 79.9. The SMILES string of the molecule is CC(NCC(=O)Nc1ccccc1Br)c1ccccc1Cl. The summed E-state index contributed by atoms with van der Waals surface area (Å²) in [6, 6.07) is 15.1. The molecule has 1 amide bonds. The summed E-state index contributed by atoms with van der Waals surface area (Å²) < 4.78 is 0.859. The highest BCUT2D eigenvalue weighted by Crippen LogP contribution is 2.22. The van der Waals surface area contributed by atoms with Gasteiger partial charge in [0.05, 0.1) is 12.2 Å². The first-order chi connectivity index (χ1) is 10.1. The second-order valence-electron chi connectivity index (χ2n) is 4.65. The summed E-state index contributed by atoms with van der Waals surface area (Å²) in [6.07, 6.45) is 0. The molecule has 5 heteroatoms. The number of hydrogen-bond acceptors (Lipinski definition) is 2. The molecule has 2 N–H and O–H groups in total. The average molecular weight is 368 g/mol. The number of nitrogens with one attached hydrogen (secondary N) is 2. The summed E-state index contributed by atoms with van der Waals surface area (Å²) in [6.45, 7) is 2.20. The van der Waals surface area contributed by atoms with Crippen molar-refractivity contribution in [1.82, 2.24) is 5.32 Å². The number of rotatable bonds is 5. The molecule has 0 fully saturated rings. The molecule has 110 valence electrons. The fraction of sp³-hybridized carbons (Fsp3) is 0.188. The van der Waals surface area contributed by atoms with Crippen LogP contribution in [0.1, 0.15) is 18.5 Å². The number of carbonyl (C=O) groups is 1. The summed E-state index contributed by atoms with van der Waals surface area (Å²) in [7, 11) is 0. The van der Waals surface area contributed by atoms with Gasteiger partial charge in [0.25, 0.3) is 0 Å². The zero-order valence-electron chi connectivity index (χ0n) is 11.6. The van der Waals surface area contributed by atoms with Gasteiger partial charge in [0.1, 0.15) is 0 Å². The lowest BCUT2D eigenvalue weighted by Crippen LogP contribution is -2.30. The van der Waals surface area contributed by atoms with E-state index in [2.05, 4.69) is 26.6 Å². The van der Waals surface area contributed by atoms with Crippen LogP contribution in [0, 0.1) is 0 Å². The second kappa shape index (κ2) is 7.59. The zero-order valence-corrected chi connectivity index (χ0v) is 13.9. The fourth-order valence-electron chi connectivity index (χ4n) is 1.94. The van der Waals surface area contributed by atoms with Gasteiger partial charge in [-0.2, -0.15) is 0 Å². The van der Waals surface area contributed by atoms with E-state index in [4.69, 9.17) is 11.6 Å². The largest absolute Gasteiger partial charge is 0.324 e. The number of anilines is 1. The van der Waals surface area contributed by atoms with E-state index >= 15 is 0 Å². The molecule has 2 aromatic rings. The van der Waals surface area contributed by atoms with E-state index in [-0.39, 0.29) is 18.5 Å². The van der Waals surface area contributed by atoms with E-state index in [1.165, 1.54) is 0 Å². The molecule has 0 spiro atoms. The van der Waals surface area contributed by atoms with Crippen molar-refractivity contribution in [2.45, 2.75) is 13.0 Å². The van der Waals surface area contributed by atoms with Crippen LogP contribution in [0.2, 0.25) is 5.02 Å². The Morgan fingerprint density at radius 2 is 1.86 bits per heavy atom. The van der Waals surface area contributed by atoms with Gasteiger partial charge in [0.2, 0.25) is 5.91 Å². The van der Waals surface area contributed by atoms with Gasteiger partial charge in [-0.3, -0.25) is 4.79 Å². The van der Waals surface area contributed by atoms with E-state index in [1.54, 1.807) is 0 Å². The molecule has 21 heavy (non-hydrogen) atoms. The monoisotopic (exact) mass is 366 g/mol. The van der Waals surface area contributed by atoms with Crippen LogP contribution in [-0.2, 0) is 4.79 Å². The number of carbonyl (C=O) groups excluding carboxylic acids is 1. The van der Waals surface area contributed by atoms with Crippen molar-refractivity contribution in [1.29, 1.82) is 0 Å². The Bertz CT molecular complexity index is 633. The molecule has 2 aromatic carbocycles. The minimum Gasteiger partial charge on any atom is -0.324 e. The normalized spacial score (nSPS) is 12.0. The predicted octanol–water partition coefficient (Wildman–Crippen LogP) is 4.39. The number of amides is 1. The quantitative estimate of drug-likeness (QED) is 0.823. The van der Waals surface area contributed by atoms with Gasteiger partial charge in [0.15, 0.2) is 0 Å².